The van der Waals surface area contributed by atoms with Crippen molar-refractivity contribution in [3.8, 4) is 5.75 Å². The molecule has 0 aliphatic carbocycles. The molecule has 0 aromatic heterocycles. The van der Waals surface area contributed by atoms with Gasteiger partial charge in [-0.05, 0) is 37.0 Å². The number of benzene rings is 2. The van der Waals surface area contributed by atoms with Crippen molar-refractivity contribution in [1.82, 2.24) is 10.2 Å². The Balaban J connectivity index is 1.47. The fourth-order valence-electron chi connectivity index (χ4n) is 3.18. The van der Waals surface area contributed by atoms with E-state index in [4.69, 9.17) is 4.74 Å². The molecule has 0 spiro atoms. The Hall–Kier alpha value is -2.82. The van der Waals surface area contributed by atoms with Crippen molar-refractivity contribution in [2.75, 3.05) is 19.7 Å². The summed E-state index contributed by atoms with van der Waals surface area (Å²) in [6, 6.07) is 18.9. The van der Waals surface area contributed by atoms with Crippen molar-refractivity contribution in [2.45, 2.75) is 25.3 Å². The van der Waals surface area contributed by atoms with Crippen LogP contribution in [0.2, 0.25) is 0 Å². The number of amides is 2. The zero-order valence-electron chi connectivity index (χ0n) is 14.8. The lowest BCUT2D eigenvalue weighted by Gasteiger charge is -2.24. The van der Waals surface area contributed by atoms with Gasteiger partial charge in [0.15, 0.2) is 6.61 Å². The van der Waals surface area contributed by atoms with E-state index in [-0.39, 0.29) is 18.4 Å². The standard InChI is InChI=1S/C21H24N2O3/c24-20(16-26-18-10-5-2-6-11-18)23-15-7-12-19(23)21(25)22-14-13-17-8-3-1-4-9-17/h1-6,8-11,19H,7,12-16H2,(H,22,25). The van der Waals surface area contributed by atoms with E-state index >= 15 is 0 Å². The summed E-state index contributed by atoms with van der Waals surface area (Å²) in [7, 11) is 0. The molecule has 2 amide bonds. The van der Waals surface area contributed by atoms with E-state index in [2.05, 4.69) is 5.32 Å². The molecular weight excluding hydrogens is 328 g/mol. The van der Waals surface area contributed by atoms with Gasteiger partial charge in [-0.2, -0.15) is 0 Å². The third-order valence-corrected chi connectivity index (χ3v) is 4.54. The van der Waals surface area contributed by atoms with Gasteiger partial charge < -0.3 is 15.0 Å². The monoisotopic (exact) mass is 352 g/mol. The molecule has 1 heterocycles. The van der Waals surface area contributed by atoms with Crippen molar-refractivity contribution in [2.24, 2.45) is 0 Å². The van der Waals surface area contributed by atoms with Crippen molar-refractivity contribution < 1.29 is 14.3 Å². The molecule has 0 radical (unpaired) electrons. The van der Waals surface area contributed by atoms with Crippen LogP contribution in [0, 0.1) is 0 Å². The first-order valence-corrected chi connectivity index (χ1v) is 9.03. The third-order valence-electron chi connectivity index (χ3n) is 4.54. The largest absolute Gasteiger partial charge is 0.484 e. The summed E-state index contributed by atoms with van der Waals surface area (Å²) >= 11 is 0. The number of ether oxygens (including phenoxy) is 1. The highest BCUT2D eigenvalue weighted by molar-refractivity contribution is 5.88. The number of nitrogens with zero attached hydrogens (tertiary/aromatic N) is 1. The number of nitrogens with one attached hydrogen (secondary N) is 1. The summed E-state index contributed by atoms with van der Waals surface area (Å²) in [5, 5.41) is 2.96. The maximum Gasteiger partial charge on any atom is 0.261 e. The Labute approximate surface area is 154 Å². The molecule has 2 aromatic carbocycles. The van der Waals surface area contributed by atoms with Gasteiger partial charge in [0.05, 0.1) is 0 Å². The molecule has 5 nitrogen and oxygen atoms in total. The van der Waals surface area contributed by atoms with E-state index in [0.717, 1.165) is 12.8 Å². The van der Waals surface area contributed by atoms with Crippen LogP contribution in [0.25, 0.3) is 0 Å². The Bertz CT molecular complexity index is 719. The third kappa shape index (κ3) is 4.85. The second-order valence-corrected chi connectivity index (χ2v) is 6.37. The van der Waals surface area contributed by atoms with Gasteiger partial charge in [0.2, 0.25) is 5.91 Å². The van der Waals surface area contributed by atoms with Gasteiger partial charge in [0.25, 0.3) is 5.91 Å². The van der Waals surface area contributed by atoms with Crippen LogP contribution < -0.4 is 10.1 Å². The molecule has 3 rings (SSSR count). The molecule has 1 atom stereocenters. The van der Waals surface area contributed by atoms with Crippen LogP contribution in [0.5, 0.6) is 5.75 Å². The Morgan fingerprint density at radius 2 is 1.73 bits per heavy atom. The second-order valence-electron chi connectivity index (χ2n) is 6.37. The Morgan fingerprint density at radius 3 is 2.46 bits per heavy atom. The van der Waals surface area contributed by atoms with E-state index in [1.54, 1.807) is 4.90 Å². The van der Waals surface area contributed by atoms with Gasteiger partial charge >= 0.3 is 0 Å². The van der Waals surface area contributed by atoms with Gasteiger partial charge in [-0.3, -0.25) is 9.59 Å². The van der Waals surface area contributed by atoms with E-state index in [1.807, 2.05) is 60.7 Å². The zero-order chi connectivity index (χ0) is 18.2. The van der Waals surface area contributed by atoms with E-state index in [9.17, 15) is 9.59 Å². The fourth-order valence-corrected chi connectivity index (χ4v) is 3.18. The molecule has 2 aromatic rings. The van der Waals surface area contributed by atoms with Crippen LogP contribution in [0.15, 0.2) is 60.7 Å². The molecule has 1 aliphatic heterocycles. The molecule has 1 aliphatic rings. The average molecular weight is 352 g/mol. The topological polar surface area (TPSA) is 58.6 Å². The van der Waals surface area contributed by atoms with Gasteiger partial charge in [-0.25, -0.2) is 0 Å². The molecule has 26 heavy (non-hydrogen) atoms. The summed E-state index contributed by atoms with van der Waals surface area (Å²) < 4.78 is 5.52. The highest BCUT2D eigenvalue weighted by atomic mass is 16.5. The summed E-state index contributed by atoms with van der Waals surface area (Å²) in [5.74, 6) is 0.435. The van der Waals surface area contributed by atoms with Crippen LogP contribution in [0.3, 0.4) is 0 Å². The van der Waals surface area contributed by atoms with Crippen LogP contribution in [0.4, 0.5) is 0 Å². The van der Waals surface area contributed by atoms with Crippen molar-refractivity contribution in [3.63, 3.8) is 0 Å². The molecule has 136 valence electrons. The molecule has 1 unspecified atom stereocenters. The molecule has 0 saturated carbocycles. The predicted octanol–water partition coefficient (Wildman–Crippen LogP) is 2.42. The molecule has 0 bridgehead atoms. The molecular formula is C21H24N2O3. The highest BCUT2D eigenvalue weighted by Crippen LogP contribution is 2.18. The Kier molecular flexibility index (Phi) is 6.25. The second kappa shape index (κ2) is 9.04. The minimum Gasteiger partial charge on any atom is -0.484 e. The van der Waals surface area contributed by atoms with Crippen molar-refractivity contribution >= 4 is 11.8 Å². The van der Waals surface area contributed by atoms with Crippen LogP contribution in [0.1, 0.15) is 18.4 Å². The number of likely N-dealkylation sites (tertiary alicyclic amines) is 1. The summed E-state index contributed by atoms with van der Waals surface area (Å²) in [6.07, 6.45) is 2.33. The maximum absolute atomic E-state index is 12.5. The van der Waals surface area contributed by atoms with Gasteiger partial charge in [-0.15, -0.1) is 0 Å². The summed E-state index contributed by atoms with van der Waals surface area (Å²) in [6.45, 7) is 1.13. The fraction of sp³-hybridized carbons (Fsp3) is 0.333. The van der Waals surface area contributed by atoms with Crippen LogP contribution >= 0.6 is 0 Å². The average Bonchev–Trinajstić information content (AvgIpc) is 3.18. The molecule has 1 N–H and O–H groups in total. The first-order chi connectivity index (χ1) is 12.7. The summed E-state index contributed by atoms with van der Waals surface area (Å²) in [5.41, 5.74) is 1.18. The van der Waals surface area contributed by atoms with E-state index in [0.29, 0.717) is 25.3 Å². The minimum atomic E-state index is -0.391. The van der Waals surface area contributed by atoms with Gasteiger partial charge in [0, 0.05) is 13.1 Å². The van der Waals surface area contributed by atoms with E-state index in [1.165, 1.54) is 5.56 Å². The first-order valence-electron chi connectivity index (χ1n) is 9.03. The van der Waals surface area contributed by atoms with E-state index < -0.39 is 6.04 Å². The highest BCUT2D eigenvalue weighted by Gasteiger charge is 2.33. The number of hydrogen-bond acceptors (Lipinski definition) is 3. The first kappa shape index (κ1) is 18.0. The quantitative estimate of drug-likeness (QED) is 0.832. The number of rotatable bonds is 7. The SMILES string of the molecule is O=C(NCCc1ccccc1)C1CCCN1C(=O)COc1ccccc1. The van der Waals surface area contributed by atoms with Gasteiger partial charge in [-0.1, -0.05) is 48.5 Å². The Morgan fingerprint density at radius 1 is 1.04 bits per heavy atom. The number of para-hydroxylation sites is 1. The van der Waals surface area contributed by atoms with Crippen LogP contribution in [-0.2, 0) is 16.0 Å². The summed E-state index contributed by atoms with van der Waals surface area (Å²) in [4.78, 5) is 26.6. The normalized spacial score (nSPS) is 16.3. The lowest BCUT2D eigenvalue weighted by molar-refractivity contribution is -0.139. The number of hydrogen-bond donors (Lipinski definition) is 1. The smallest absolute Gasteiger partial charge is 0.261 e. The van der Waals surface area contributed by atoms with Gasteiger partial charge in [0.1, 0.15) is 11.8 Å². The lowest BCUT2D eigenvalue weighted by Crippen LogP contribution is -2.47. The molecule has 1 fully saturated rings. The van der Waals surface area contributed by atoms with Crippen LogP contribution in [-0.4, -0.2) is 42.5 Å². The maximum atomic E-state index is 12.5. The van der Waals surface area contributed by atoms with Crippen molar-refractivity contribution in [3.05, 3.63) is 66.2 Å². The lowest BCUT2D eigenvalue weighted by atomic mass is 10.1. The minimum absolute atomic E-state index is 0.0438. The number of carbonyl (C=O) groups excluding carboxylic acids is 2. The molecule has 5 heteroatoms. The van der Waals surface area contributed by atoms with Crippen molar-refractivity contribution in [1.29, 1.82) is 0 Å². The predicted molar refractivity (Wildman–Crippen MR) is 99.8 cm³/mol. The zero-order valence-corrected chi connectivity index (χ0v) is 14.8. The number of carbonyl (C=O) groups is 2. The molecule has 1 saturated heterocycles.